The second kappa shape index (κ2) is 6.82. The Morgan fingerprint density at radius 2 is 1.96 bits per heavy atom. The Morgan fingerprint density at radius 3 is 2.69 bits per heavy atom. The minimum atomic E-state index is 0.193. The number of hydrogen-bond acceptors (Lipinski definition) is 3. The number of aryl methyl sites for hydroxylation is 1. The second-order valence-electron chi connectivity index (χ2n) is 6.90. The van der Waals surface area contributed by atoms with E-state index in [2.05, 4.69) is 58.5 Å². The first kappa shape index (κ1) is 17.7. The van der Waals surface area contributed by atoms with Gasteiger partial charge in [0.2, 0.25) is 0 Å². The van der Waals surface area contributed by atoms with Crippen LogP contribution in [0.1, 0.15) is 35.1 Å². The van der Waals surface area contributed by atoms with Gasteiger partial charge in [-0.25, -0.2) is 0 Å². The van der Waals surface area contributed by atoms with E-state index in [1.54, 1.807) is 14.2 Å². The van der Waals surface area contributed by atoms with E-state index in [-0.39, 0.29) is 6.04 Å². The summed E-state index contributed by atoms with van der Waals surface area (Å²) in [6, 6.07) is 8.52. The van der Waals surface area contributed by atoms with Crippen molar-refractivity contribution >= 4 is 33.2 Å². The number of fused-ring (bicyclic) bond motifs is 3. The summed E-state index contributed by atoms with van der Waals surface area (Å²) in [5, 5.41) is 4.58. The van der Waals surface area contributed by atoms with Crippen molar-refractivity contribution in [3.8, 4) is 11.5 Å². The van der Waals surface area contributed by atoms with Crippen LogP contribution < -0.4 is 14.8 Å². The van der Waals surface area contributed by atoms with Crippen LogP contribution in [0.5, 0.6) is 11.5 Å². The van der Waals surface area contributed by atoms with Gasteiger partial charge in [-0.1, -0.05) is 23.8 Å². The van der Waals surface area contributed by atoms with Gasteiger partial charge in [0.15, 0.2) is 11.5 Å². The van der Waals surface area contributed by atoms with E-state index in [9.17, 15) is 0 Å². The van der Waals surface area contributed by atoms with Gasteiger partial charge in [0, 0.05) is 16.6 Å². The van der Waals surface area contributed by atoms with Gasteiger partial charge in [-0.2, -0.15) is 0 Å². The molecule has 2 unspecified atom stereocenters. The maximum atomic E-state index is 6.33. The highest BCUT2D eigenvalue weighted by Crippen LogP contribution is 2.52. The second-order valence-corrected chi connectivity index (χ2v) is 8.19. The number of rotatable bonds is 3. The molecule has 2 aromatic rings. The Balaban J connectivity index is 1.82. The largest absolute Gasteiger partial charge is 0.493 e. The summed E-state index contributed by atoms with van der Waals surface area (Å²) in [6.07, 6.45) is 5.65. The molecule has 5 heteroatoms. The molecular weight excluding hydrogens is 414 g/mol. The van der Waals surface area contributed by atoms with Crippen molar-refractivity contribution in [3.63, 3.8) is 0 Å². The van der Waals surface area contributed by atoms with Gasteiger partial charge >= 0.3 is 0 Å². The van der Waals surface area contributed by atoms with E-state index in [1.807, 2.05) is 6.07 Å². The lowest BCUT2D eigenvalue weighted by molar-refractivity contribution is 0.351. The molecule has 0 spiro atoms. The van der Waals surface area contributed by atoms with Crippen molar-refractivity contribution < 1.29 is 9.47 Å². The minimum absolute atomic E-state index is 0.193. The number of nitrogens with one attached hydrogen (secondary N) is 1. The first-order valence-electron chi connectivity index (χ1n) is 8.68. The van der Waals surface area contributed by atoms with Gasteiger partial charge in [0.25, 0.3) is 0 Å². The highest BCUT2D eigenvalue weighted by atomic mass is 79.9. The summed E-state index contributed by atoms with van der Waals surface area (Å²) in [5.74, 6) is 2.28. The molecule has 0 bridgehead atoms. The SMILES string of the molecule is COc1cc([C@H]2Nc3c(C)cc(Cl)cc3C3C=CCC32)cc(Br)c1OC. The van der Waals surface area contributed by atoms with Crippen LogP contribution in [0.15, 0.2) is 40.9 Å². The molecule has 4 rings (SSSR count). The molecular formula is C21H21BrClNO2. The third kappa shape index (κ3) is 2.80. The molecule has 3 nitrogen and oxygen atoms in total. The third-order valence-electron chi connectivity index (χ3n) is 5.45. The zero-order valence-electron chi connectivity index (χ0n) is 15.0. The van der Waals surface area contributed by atoms with Crippen molar-refractivity contribution in [1.29, 1.82) is 0 Å². The van der Waals surface area contributed by atoms with Crippen LogP contribution in [0.3, 0.4) is 0 Å². The van der Waals surface area contributed by atoms with Crippen LogP contribution >= 0.6 is 27.5 Å². The molecule has 26 heavy (non-hydrogen) atoms. The van der Waals surface area contributed by atoms with E-state index in [0.717, 1.165) is 27.4 Å². The van der Waals surface area contributed by atoms with Crippen LogP contribution in [-0.2, 0) is 0 Å². The number of ether oxygens (including phenoxy) is 2. The van der Waals surface area contributed by atoms with Crippen molar-refractivity contribution in [2.45, 2.75) is 25.3 Å². The van der Waals surface area contributed by atoms with Gasteiger partial charge in [0.05, 0.1) is 24.7 Å². The first-order chi connectivity index (χ1) is 12.5. The van der Waals surface area contributed by atoms with Crippen LogP contribution in [0.25, 0.3) is 0 Å². The molecule has 2 aliphatic rings. The van der Waals surface area contributed by atoms with Crippen LogP contribution in [-0.4, -0.2) is 14.2 Å². The van der Waals surface area contributed by atoms with E-state index < -0.39 is 0 Å². The van der Waals surface area contributed by atoms with E-state index >= 15 is 0 Å². The molecule has 0 saturated heterocycles. The zero-order valence-corrected chi connectivity index (χ0v) is 17.3. The van der Waals surface area contributed by atoms with Gasteiger partial charge in [-0.3, -0.25) is 0 Å². The lowest BCUT2D eigenvalue weighted by Gasteiger charge is -2.38. The molecule has 1 N–H and O–H groups in total. The molecule has 1 aliphatic heterocycles. The Morgan fingerprint density at radius 1 is 1.15 bits per heavy atom. The molecule has 2 aromatic carbocycles. The number of halogens is 2. The lowest BCUT2D eigenvalue weighted by Crippen LogP contribution is -2.29. The molecule has 0 radical (unpaired) electrons. The van der Waals surface area contributed by atoms with Gasteiger partial charge in [-0.05, 0) is 76.1 Å². The average Bonchev–Trinajstić information content (AvgIpc) is 3.10. The fourth-order valence-corrected chi connectivity index (χ4v) is 5.19. The summed E-state index contributed by atoms with van der Waals surface area (Å²) >= 11 is 9.96. The fourth-order valence-electron chi connectivity index (χ4n) is 4.29. The molecule has 0 saturated carbocycles. The van der Waals surface area contributed by atoms with Crippen molar-refractivity contribution in [3.05, 3.63) is 62.6 Å². The summed E-state index contributed by atoms with van der Waals surface area (Å²) in [7, 11) is 3.32. The molecule has 3 atom stereocenters. The normalized spacial score (nSPS) is 23.2. The highest BCUT2D eigenvalue weighted by Gasteiger charge is 2.39. The van der Waals surface area contributed by atoms with Crippen LogP contribution in [0.2, 0.25) is 5.02 Å². The monoisotopic (exact) mass is 433 g/mol. The van der Waals surface area contributed by atoms with Gasteiger partial charge < -0.3 is 14.8 Å². The Bertz CT molecular complexity index is 896. The minimum Gasteiger partial charge on any atom is -0.493 e. The summed E-state index contributed by atoms with van der Waals surface area (Å²) in [4.78, 5) is 0. The number of anilines is 1. The fraction of sp³-hybridized carbons (Fsp3) is 0.333. The zero-order chi connectivity index (χ0) is 18.4. The molecule has 136 valence electrons. The Hall–Kier alpha value is -1.65. The van der Waals surface area contributed by atoms with Gasteiger partial charge in [0.1, 0.15) is 0 Å². The average molecular weight is 435 g/mol. The number of methoxy groups -OCH3 is 2. The Kier molecular flexibility index (Phi) is 4.66. The van der Waals surface area contributed by atoms with E-state index in [1.165, 1.54) is 22.4 Å². The predicted octanol–water partition coefficient (Wildman–Crippen LogP) is 6.25. The summed E-state index contributed by atoms with van der Waals surface area (Å²) < 4.78 is 11.9. The summed E-state index contributed by atoms with van der Waals surface area (Å²) in [6.45, 7) is 2.11. The van der Waals surface area contributed by atoms with Crippen molar-refractivity contribution in [2.24, 2.45) is 5.92 Å². The third-order valence-corrected chi connectivity index (χ3v) is 6.25. The maximum absolute atomic E-state index is 6.33. The van der Waals surface area contributed by atoms with Crippen molar-refractivity contribution in [2.75, 3.05) is 19.5 Å². The molecule has 1 aliphatic carbocycles. The molecule has 0 aromatic heterocycles. The highest BCUT2D eigenvalue weighted by molar-refractivity contribution is 9.10. The molecule has 0 amide bonds. The number of benzene rings is 2. The Labute approximate surface area is 167 Å². The van der Waals surface area contributed by atoms with Crippen molar-refractivity contribution in [1.82, 2.24) is 0 Å². The first-order valence-corrected chi connectivity index (χ1v) is 9.85. The summed E-state index contributed by atoms with van der Waals surface area (Å²) in [5.41, 5.74) is 4.85. The maximum Gasteiger partial charge on any atom is 0.174 e. The topological polar surface area (TPSA) is 30.5 Å². The van der Waals surface area contributed by atoms with Crippen LogP contribution in [0, 0.1) is 12.8 Å². The standard InChI is InChI=1S/C21H21BrClNO2/c1-11-7-13(23)10-16-14-5-4-6-15(14)20(24-19(11)16)12-8-17(22)21(26-3)18(9-12)25-2/h4-5,7-10,14-15,20,24H,6H2,1-3H3/t14?,15?,20-/m1/s1. The van der Waals surface area contributed by atoms with E-state index in [0.29, 0.717) is 11.8 Å². The number of hydrogen-bond donors (Lipinski definition) is 1. The number of allylic oxidation sites excluding steroid dienone is 2. The quantitative estimate of drug-likeness (QED) is 0.579. The predicted molar refractivity (Wildman–Crippen MR) is 110 cm³/mol. The van der Waals surface area contributed by atoms with Gasteiger partial charge in [-0.15, -0.1) is 0 Å². The smallest absolute Gasteiger partial charge is 0.174 e. The molecule has 1 heterocycles. The van der Waals surface area contributed by atoms with E-state index in [4.69, 9.17) is 21.1 Å². The van der Waals surface area contributed by atoms with Crippen LogP contribution in [0.4, 0.5) is 5.69 Å². The molecule has 0 fully saturated rings. The lowest BCUT2D eigenvalue weighted by atomic mass is 9.76.